The van der Waals surface area contributed by atoms with Crippen LogP contribution in [0.4, 0.5) is 0 Å². The SMILES string of the molecule is O=[S@@]1CCCSC1=C1CCCCC1. The maximum atomic E-state index is 11.7. The molecule has 0 bridgehead atoms. The van der Waals surface area contributed by atoms with E-state index in [0.717, 1.165) is 12.2 Å². The first kappa shape index (κ1) is 9.78. The molecule has 2 fully saturated rings. The molecule has 1 saturated heterocycles. The molecule has 0 spiro atoms. The molecule has 1 heterocycles. The Morgan fingerprint density at radius 2 is 1.85 bits per heavy atom. The van der Waals surface area contributed by atoms with Gasteiger partial charge >= 0.3 is 0 Å². The number of allylic oxidation sites excluding steroid dienone is 1. The molecule has 0 amide bonds. The maximum absolute atomic E-state index is 11.7. The lowest BCUT2D eigenvalue weighted by atomic mass is 9.96. The summed E-state index contributed by atoms with van der Waals surface area (Å²) in [6, 6.07) is 0. The van der Waals surface area contributed by atoms with E-state index in [9.17, 15) is 4.21 Å². The first-order valence-corrected chi connectivity index (χ1v) is 7.41. The molecule has 0 radical (unpaired) electrons. The fourth-order valence-corrected chi connectivity index (χ4v) is 5.17. The molecule has 0 aromatic carbocycles. The molecule has 2 aliphatic rings. The Bertz CT molecular complexity index is 237. The average molecular weight is 216 g/mol. The van der Waals surface area contributed by atoms with Crippen molar-refractivity contribution in [2.75, 3.05) is 11.5 Å². The van der Waals surface area contributed by atoms with E-state index in [4.69, 9.17) is 0 Å². The van der Waals surface area contributed by atoms with Gasteiger partial charge in [0.25, 0.3) is 0 Å². The topological polar surface area (TPSA) is 17.1 Å². The highest BCUT2D eigenvalue weighted by atomic mass is 32.2. The molecule has 1 aliphatic heterocycles. The van der Waals surface area contributed by atoms with Crippen molar-refractivity contribution in [3.8, 4) is 0 Å². The molecule has 13 heavy (non-hydrogen) atoms. The van der Waals surface area contributed by atoms with Gasteiger partial charge in [-0.05, 0) is 43.4 Å². The van der Waals surface area contributed by atoms with Crippen LogP contribution in [-0.2, 0) is 10.8 Å². The fraction of sp³-hybridized carbons (Fsp3) is 0.800. The zero-order chi connectivity index (χ0) is 9.10. The van der Waals surface area contributed by atoms with Gasteiger partial charge in [0.05, 0.1) is 15.0 Å². The summed E-state index contributed by atoms with van der Waals surface area (Å²) in [5.74, 6) is 2.09. The summed E-state index contributed by atoms with van der Waals surface area (Å²) in [7, 11) is -0.633. The van der Waals surface area contributed by atoms with Gasteiger partial charge in [0.1, 0.15) is 0 Å². The van der Waals surface area contributed by atoms with Crippen LogP contribution >= 0.6 is 11.8 Å². The summed E-state index contributed by atoms with van der Waals surface area (Å²) < 4.78 is 13.0. The number of hydrogen-bond acceptors (Lipinski definition) is 2. The highest BCUT2D eigenvalue weighted by Gasteiger charge is 2.19. The van der Waals surface area contributed by atoms with Crippen LogP contribution in [0.3, 0.4) is 0 Å². The van der Waals surface area contributed by atoms with Crippen LogP contribution in [0.2, 0.25) is 0 Å². The minimum absolute atomic E-state index is 0.633. The molecule has 74 valence electrons. The van der Waals surface area contributed by atoms with Crippen LogP contribution < -0.4 is 0 Å². The van der Waals surface area contributed by atoms with Gasteiger partial charge in [-0.3, -0.25) is 4.21 Å². The van der Waals surface area contributed by atoms with E-state index in [1.54, 1.807) is 0 Å². The van der Waals surface area contributed by atoms with Crippen LogP contribution in [0.25, 0.3) is 0 Å². The first-order valence-electron chi connectivity index (χ1n) is 5.11. The number of thioether (sulfide) groups is 1. The van der Waals surface area contributed by atoms with Gasteiger partial charge in [-0.1, -0.05) is 6.42 Å². The van der Waals surface area contributed by atoms with E-state index in [1.807, 2.05) is 11.8 Å². The molecular weight excluding hydrogens is 200 g/mol. The Balaban J connectivity index is 2.13. The zero-order valence-corrected chi connectivity index (χ0v) is 9.51. The second-order valence-corrected chi connectivity index (χ2v) is 6.57. The predicted molar refractivity (Wildman–Crippen MR) is 60.2 cm³/mol. The van der Waals surface area contributed by atoms with Crippen LogP contribution in [0, 0.1) is 0 Å². The van der Waals surface area contributed by atoms with Crippen molar-refractivity contribution in [2.45, 2.75) is 38.5 Å². The first-order chi connectivity index (χ1) is 6.38. The fourth-order valence-electron chi connectivity index (χ4n) is 1.96. The van der Waals surface area contributed by atoms with Crippen LogP contribution in [0.5, 0.6) is 0 Å². The van der Waals surface area contributed by atoms with E-state index in [-0.39, 0.29) is 0 Å². The van der Waals surface area contributed by atoms with Gasteiger partial charge < -0.3 is 0 Å². The number of rotatable bonds is 0. The average Bonchev–Trinajstić information content (AvgIpc) is 2.20. The standard InChI is InChI=1S/C10H16OS2/c11-13-8-4-7-12-10(13)9-5-2-1-3-6-9/h1-8H2/t13-/m1/s1. The van der Waals surface area contributed by atoms with E-state index in [1.165, 1.54) is 47.7 Å². The highest BCUT2D eigenvalue weighted by Crippen LogP contribution is 2.35. The van der Waals surface area contributed by atoms with Crippen molar-refractivity contribution in [2.24, 2.45) is 0 Å². The van der Waals surface area contributed by atoms with Crippen LogP contribution in [0.15, 0.2) is 9.81 Å². The van der Waals surface area contributed by atoms with Gasteiger partial charge in [-0.25, -0.2) is 0 Å². The Hall–Kier alpha value is 0.240. The summed E-state index contributed by atoms with van der Waals surface area (Å²) in [4.78, 5) is 0. The van der Waals surface area contributed by atoms with Gasteiger partial charge in [-0.2, -0.15) is 0 Å². The van der Waals surface area contributed by atoms with E-state index in [2.05, 4.69) is 0 Å². The third-order valence-corrected chi connectivity index (χ3v) is 5.98. The Kier molecular flexibility index (Phi) is 3.50. The van der Waals surface area contributed by atoms with Gasteiger partial charge in [-0.15, -0.1) is 11.8 Å². The van der Waals surface area contributed by atoms with E-state index >= 15 is 0 Å². The molecule has 2 rings (SSSR count). The van der Waals surface area contributed by atoms with E-state index < -0.39 is 10.8 Å². The summed E-state index contributed by atoms with van der Waals surface area (Å²) in [6.07, 6.45) is 7.57. The molecule has 3 heteroatoms. The lowest BCUT2D eigenvalue weighted by Gasteiger charge is -2.21. The monoisotopic (exact) mass is 216 g/mol. The molecule has 1 saturated carbocycles. The van der Waals surface area contributed by atoms with Crippen molar-refractivity contribution in [3.05, 3.63) is 9.81 Å². The smallest absolute Gasteiger partial charge is 0.0708 e. The molecule has 0 aromatic heterocycles. The Morgan fingerprint density at radius 1 is 1.08 bits per heavy atom. The van der Waals surface area contributed by atoms with Crippen molar-refractivity contribution in [1.82, 2.24) is 0 Å². The molecule has 0 aromatic rings. The molecule has 1 nitrogen and oxygen atoms in total. The number of hydrogen-bond donors (Lipinski definition) is 0. The van der Waals surface area contributed by atoms with Crippen molar-refractivity contribution < 1.29 is 4.21 Å². The van der Waals surface area contributed by atoms with Gasteiger partial charge in [0, 0.05) is 5.75 Å². The van der Waals surface area contributed by atoms with Gasteiger partial charge in [0.2, 0.25) is 0 Å². The molecule has 1 atom stereocenters. The van der Waals surface area contributed by atoms with Crippen molar-refractivity contribution in [1.29, 1.82) is 0 Å². The maximum Gasteiger partial charge on any atom is 0.0708 e. The van der Waals surface area contributed by atoms with E-state index in [0.29, 0.717) is 0 Å². The van der Waals surface area contributed by atoms with Crippen molar-refractivity contribution >= 4 is 22.6 Å². The summed E-state index contributed by atoms with van der Waals surface area (Å²) in [5, 5.41) is 0. The van der Waals surface area contributed by atoms with Gasteiger partial charge in [0.15, 0.2) is 0 Å². The predicted octanol–water partition coefficient (Wildman–Crippen LogP) is 3.05. The quantitative estimate of drug-likeness (QED) is 0.619. The third kappa shape index (κ3) is 2.38. The summed E-state index contributed by atoms with van der Waals surface area (Å²) in [5.41, 5.74) is 1.52. The highest BCUT2D eigenvalue weighted by molar-refractivity contribution is 8.17. The molecule has 0 N–H and O–H groups in total. The summed E-state index contributed by atoms with van der Waals surface area (Å²) in [6.45, 7) is 0. The van der Waals surface area contributed by atoms with Crippen LogP contribution in [0.1, 0.15) is 38.5 Å². The largest absolute Gasteiger partial charge is 0.254 e. The Labute approximate surface area is 86.8 Å². The lowest BCUT2D eigenvalue weighted by Crippen LogP contribution is -2.10. The lowest BCUT2D eigenvalue weighted by molar-refractivity contribution is 0.598. The third-order valence-electron chi connectivity index (χ3n) is 2.66. The Morgan fingerprint density at radius 3 is 2.54 bits per heavy atom. The molecule has 0 unspecified atom stereocenters. The summed E-state index contributed by atoms with van der Waals surface area (Å²) >= 11 is 1.86. The normalized spacial score (nSPS) is 30.6. The molecule has 1 aliphatic carbocycles. The van der Waals surface area contributed by atoms with Crippen molar-refractivity contribution in [3.63, 3.8) is 0 Å². The second-order valence-electron chi connectivity index (χ2n) is 3.70. The minimum atomic E-state index is -0.633. The zero-order valence-electron chi connectivity index (χ0n) is 7.88. The molecular formula is C10H16OS2. The van der Waals surface area contributed by atoms with Crippen LogP contribution in [-0.4, -0.2) is 15.7 Å². The second kappa shape index (κ2) is 4.65. The minimum Gasteiger partial charge on any atom is -0.254 e.